The Labute approximate surface area is 129 Å². The molecule has 0 spiro atoms. The van der Waals surface area contributed by atoms with Gasteiger partial charge in [-0.05, 0) is 25.3 Å². The lowest BCUT2D eigenvalue weighted by Gasteiger charge is -2.19. The molecule has 2 fully saturated rings. The fourth-order valence-electron chi connectivity index (χ4n) is 2.47. The minimum Gasteiger partial charge on any atom is -0.379 e. The summed E-state index contributed by atoms with van der Waals surface area (Å²) in [7, 11) is 0. The van der Waals surface area contributed by atoms with E-state index in [4.69, 9.17) is 4.74 Å². The van der Waals surface area contributed by atoms with Gasteiger partial charge in [-0.1, -0.05) is 20.8 Å². The van der Waals surface area contributed by atoms with Gasteiger partial charge < -0.3 is 10.1 Å². The lowest BCUT2D eigenvalue weighted by atomic mass is 9.95. The number of hydrogen-bond donors (Lipinski definition) is 1. The van der Waals surface area contributed by atoms with Crippen LogP contribution in [0.25, 0.3) is 0 Å². The van der Waals surface area contributed by atoms with Gasteiger partial charge in [-0.2, -0.15) is 5.10 Å². The van der Waals surface area contributed by atoms with Crippen molar-refractivity contribution in [3.8, 4) is 0 Å². The number of carbonyl (C=O) groups is 1. The summed E-state index contributed by atoms with van der Waals surface area (Å²) in [5, 5.41) is 7.30. The summed E-state index contributed by atoms with van der Waals surface area (Å²) in [4.78, 5) is 24.9. The number of aromatic nitrogens is 2. The van der Waals surface area contributed by atoms with Crippen molar-refractivity contribution in [2.45, 2.75) is 52.0 Å². The molecule has 0 aromatic carbocycles. The maximum Gasteiger partial charge on any atom is 0.290 e. The summed E-state index contributed by atoms with van der Waals surface area (Å²) in [6.45, 7) is 6.64. The number of nitrogens with one attached hydrogen (secondary N) is 1. The number of anilines is 1. The van der Waals surface area contributed by atoms with Crippen molar-refractivity contribution in [1.82, 2.24) is 9.78 Å². The zero-order valence-electron chi connectivity index (χ0n) is 13.4. The molecular weight excluding hydrogens is 282 g/mol. The number of amides is 1. The van der Waals surface area contributed by atoms with Crippen molar-refractivity contribution in [3.05, 3.63) is 22.1 Å². The van der Waals surface area contributed by atoms with Crippen molar-refractivity contribution in [3.63, 3.8) is 0 Å². The SMILES string of the molecule is CC(C)(C)C(=O)Nc1cc(C2CC2)nn(C2CCOC2)c1=O. The largest absolute Gasteiger partial charge is 0.379 e. The molecule has 1 N–H and O–H groups in total. The van der Waals surface area contributed by atoms with Gasteiger partial charge >= 0.3 is 0 Å². The van der Waals surface area contributed by atoms with Gasteiger partial charge in [0.1, 0.15) is 5.69 Å². The van der Waals surface area contributed by atoms with Crippen LogP contribution in [0.5, 0.6) is 0 Å². The van der Waals surface area contributed by atoms with Crippen LogP contribution in [0.1, 0.15) is 57.7 Å². The van der Waals surface area contributed by atoms with E-state index in [1.54, 1.807) is 6.07 Å². The first kappa shape index (κ1) is 15.2. The highest BCUT2D eigenvalue weighted by Gasteiger charge is 2.30. The lowest BCUT2D eigenvalue weighted by molar-refractivity contribution is -0.123. The van der Waals surface area contributed by atoms with E-state index in [-0.39, 0.29) is 17.5 Å². The normalized spacial score (nSPS) is 21.9. The summed E-state index contributed by atoms with van der Waals surface area (Å²) in [6.07, 6.45) is 2.98. The fourth-order valence-corrected chi connectivity index (χ4v) is 2.47. The predicted octanol–water partition coefficient (Wildman–Crippen LogP) is 2.07. The number of hydrogen-bond acceptors (Lipinski definition) is 4. The van der Waals surface area contributed by atoms with E-state index in [0.717, 1.165) is 25.0 Å². The summed E-state index contributed by atoms with van der Waals surface area (Å²) >= 11 is 0. The van der Waals surface area contributed by atoms with Crippen LogP contribution >= 0.6 is 0 Å². The number of carbonyl (C=O) groups excluding carboxylic acids is 1. The summed E-state index contributed by atoms with van der Waals surface area (Å²) < 4.78 is 6.88. The van der Waals surface area contributed by atoms with E-state index < -0.39 is 5.41 Å². The molecule has 3 rings (SSSR count). The molecule has 1 aliphatic carbocycles. The van der Waals surface area contributed by atoms with Crippen LogP contribution in [0, 0.1) is 5.41 Å². The molecule has 22 heavy (non-hydrogen) atoms. The number of ether oxygens (including phenoxy) is 1. The van der Waals surface area contributed by atoms with Gasteiger partial charge in [0, 0.05) is 17.9 Å². The topological polar surface area (TPSA) is 73.2 Å². The molecule has 120 valence electrons. The third-order valence-electron chi connectivity index (χ3n) is 4.13. The van der Waals surface area contributed by atoms with E-state index in [2.05, 4.69) is 10.4 Å². The van der Waals surface area contributed by atoms with Gasteiger partial charge in [0.05, 0.1) is 18.3 Å². The second kappa shape index (κ2) is 5.50. The number of rotatable bonds is 3. The molecule has 2 heterocycles. The van der Waals surface area contributed by atoms with Crippen LogP contribution in [0.15, 0.2) is 10.9 Å². The molecular formula is C16H23N3O3. The van der Waals surface area contributed by atoms with Gasteiger partial charge in [0.15, 0.2) is 0 Å². The highest BCUT2D eigenvalue weighted by atomic mass is 16.5. The highest BCUT2D eigenvalue weighted by Crippen LogP contribution is 2.39. The van der Waals surface area contributed by atoms with Crippen LogP contribution in [0.4, 0.5) is 5.69 Å². The first-order chi connectivity index (χ1) is 10.4. The van der Waals surface area contributed by atoms with Gasteiger partial charge in [0.25, 0.3) is 5.56 Å². The van der Waals surface area contributed by atoms with Crippen LogP contribution in [0.2, 0.25) is 0 Å². The molecule has 1 aromatic rings. The van der Waals surface area contributed by atoms with E-state index in [1.165, 1.54) is 4.68 Å². The molecule has 1 saturated heterocycles. The summed E-state index contributed by atoms with van der Waals surface area (Å²) in [5.74, 6) is 0.256. The molecule has 1 unspecified atom stereocenters. The molecule has 6 heteroatoms. The van der Waals surface area contributed by atoms with E-state index >= 15 is 0 Å². The van der Waals surface area contributed by atoms with Gasteiger partial charge in [-0.15, -0.1) is 0 Å². The minimum absolute atomic E-state index is 0.0310. The Bertz CT molecular complexity index is 635. The molecule has 1 amide bonds. The Morgan fingerprint density at radius 3 is 2.64 bits per heavy atom. The van der Waals surface area contributed by atoms with Gasteiger partial charge in [-0.3, -0.25) is 9.59 Å². The zero-order chi connectivity index (χ0) is 15.9. The third kappa shape index (κ3) is 3.06. The predicted molar refractivity (Wildman–Crippen MR) is 83.0 cm³/mol. The van der Waals surface area contributed by atoms with Crippen molar-refractivity contribution in [1.29, 1.82) is 0 Å². The summed E-state index contributed by atoms with van der Waals surface area (Å²) in [6, 6.07) is 1.71. The monoisotopic (exact) mass is 305 g/mol. The van der Waals surface area contributed by atoms with E-state index in [0.29, 0.717) is 24.8 Å². The van der Waals surface area contributed by atoms with Crippen molar-refractivity contribution in [2.24, 2.45) is 5.41 Å². The van der Waals surface area contributed by atoms with Crippen molar-refractivity contribution < 1.29 is 9.53 Å². The third-order valence-corrected chi connectivity index (χ3v) is 4.13. The quantitative estimate of drug-likeness (QED) is 0.927. The Balaban J connectivity index is 1.97. The Kier molecular flexibility index (Phi) is 3.80. The van der Waals surface area contributed by atoms with E-state index in [1.807, 2.05) is 20.8 Å². The van der Waals surface area contributed by atoms with Crippen LogP contribution in [-0.4, -0.2) is 28.9 Å². The second-order valence-corrected chi connectivity index (χ2v) is 7.23. The molecule has 1 atom stereocenters. The molecule has 2 aliphatic rings. The van der Waals surface area contributed by atoms with Crippen molar-refractivity contribution in [2.75, 3.05) is 18.5 Å². The second-order valence-electron chi connectivity index (χ2n) is 7.23. The zero-order valence-corrected chi connectivity index (χ0v) is 13.4. The molecule has 1 aromatic heterocycles. The fraction of sp³-hybridized carbons (Fsp3) is 0.688. The Hall–Kier alpha value is -1.69. The lowest BCUT2D eigenvalue weighted by Crippen LogP contribution is -2.35. The van der Waals surface area contributed by atoms with Gasteiger partial charge in [0.2, 0.25) is 5.91 Å². The maximum atomic E-state index is 12.6. The average molecular weight is 305 g/mol. The summed E-state index contributed by atoms with van der Waals surface area (Å²) in [5.41, 5.74) is 0.452. The Morgan fingerprint density at radius 1 is 1.36 bits per heavy atom. The standard InChI is InChI=1S/C16H23N3O3/c1-16(2,3)15(21)17-13-8-12(10-4-5-10)18-19(14(13)20)11-6-7-22-9-11/h8,10-11H,4-7,9H2,1-3H3,(H,17,21). The van der Waals surface area contributed by atoms with Crippen molar-refractivity contribution >= 4 is 11.6 Å². The number of nitrogens with zero attached hydrogens (tertiary/aromatic N) is 2. The Morgan fingerprint density at radius 2 is 2.09 bits per heavy atom. The van der Waals surface area contributed by atoms with Crippen LogP contribution in [0.3, 0.4) is 0 Å². The molecule has 6 nitrogen and oxygen atoms in total. The maximum absolute atomic E-state index is 12.6. The van der Waals surface area contributed by atoms with Crippen LogP contribution in [-0.2, 0) is 9.53 Å². The molecule has 1 saturated carbocycles. The molecule has 0 radical (unpaired) electrons. The molecule has 1 aliphatic heterocycles. The van der Waals surface area contributed by atoms with Crippen LogP contribution < -0.4 is 10.9 Å². The van der Waals surface area contributed by atoms with Gasteiger partial charge in [-0.25, -0.2) is 4.68 Å². The highest BCUT2D eigenvalue weighted by molar-refractivity contribution is 5.94. The minimum atomic E-state index is -0.545. The van der Waals surface area contributed by atoms with E-state index in [9.17, 15) is 9.59 Å². The molecule has 0 bridgehead atoms. The first-order valence-corrected chi connectivity index (χ1v) is 7.89. The first-order valence-electron chi connectivity index (χ1n) is 7.89. The smallest absolute Gasteiger partial charge is 0.290 e. The average Bonchev–Trinajstić information content (AvgIpc) is 3.15.